The van der Waals surface area contributed by atoms with Crippen molar-refractivity contribution in [1.82, 2.24) is 10.2 Å². The standard InChI is InChI=1S/C8H20N4/c1-7(5-6-12(3)4)11-8(9)10-2/h7H,5-6H2,1-4H3,(H3,9,10,11). The lowest BCUT2D eigenvalue weighted by molar-refractivity contribution is 0.378. The Morgan fingerprint density at radius 3 is 2.58 bits per heavy atom. The van der Waals surface area contributed by atoms with Gasteiger partial charge in [0.25, 0.3) is 0 Å². The van der Waals surface area contributed by atoms with Crippen LogP contribution in [0.15, 0.2) is 4.99 Å². The first-order valence-corrected chi connectivity index (χ1v) is 4.19. The third kappa shape index (κ3) is 5.97. The molecule has 0 bridgehead atoms. The van der Waals surface area contributed by atoms with E-state index in [-0.39, 0.29) is 0 Å². The fourth-order valence-electron chi connectivity index (χ4n) is 0.841. The molecule has 4 nitrogen and oxygen atoms in total. The lowest BCUT2D eigenvalue weighted by Crippen LogP contribution is -2.39. The molecule has 0 saturated heterocycles. The van der Waals surface area contributed by atoms with E-state index in [1.807, 2.05) is 0 Å². The zero-order valence-corrected chi connectivity index (χ0v) is 8.46. The number of nitrogens with zero attached hydrogens (tertiary/aromatic N) is 2. The quantitative estimate of drug-likeness (QED) is 0.458. The van der Waals surface area contributed by atoms with Gasteiger partial charge in [-0.25, -0.2) is 0 Å². The van der Waals surface area contributed by atoms with E-state index in [0.29, 0.717) is 12.0 Å². The summed E-state index contributed by atoms with van der Waals surface area (Å²) in [7, 11) is 5.80. The molecule has 1 unspecified atom stereocenters. The number of aliphatic imine (C=N–C) groups is 1. The highest BCUT2D eigenvalue weighted by Gasteiger charge is 2.01. The Morgan fingerprint density at radius 2 is 2.17 bits per heavy atom. The molecule has 12 heavy (non-hydrogen) atoms. The zero-order valence-electron chi connectivity index (χ0n) is 8.46. The second kappa shape index (κ2) is 5.83. The van der Waals surface area contributed by atoms with Gasteiger partial charge < -0.3 is 16.0 Å². The molecule has 72 valence electrons. The number of nitrogens with two attached hydrogens (primary N) is 1. The van der Waals surface area contributed by atoms with E-state index in [2.05, 4.69) is 36.2 Å². The largest absolute Gasteiger partial charge is 0.370 e. The molecule has 1 atom stereocenters. The van der Waals surface area contributed by atoms with E-state index in [1.54, 1.807) is 7.05 Å². The van der Waals surface area contributed by atoms with Crippen molar-refractivity contribution in [2.24, 2.45) is 10.7 Å². The molecule has 0 aliphatic rings. The summed E-state index contributed by atoms with van der Waals surface area (Å²) >= 11 is 0. The smallest absolute Gasteiger partial charge is 0.188 e. The van der Waals surface area contributed by atoms with Crippen LogP contribution < -0.4 is 11.1 Å². The molecular weight excluding hydrogens is 152 g/mol. The van der Waals surface area contributed by atoms with Gasteiger partial charge in [-0.1, -0.05) is 0 Å². The maximum absolute atomic E-state index is 5.51. The van der Waals surface area contributed by atoms with Gasteiger partial charge in [0.1, 0.15) is 0 Å². The molecule has 0 radical (unpaired) electrons. The summed E-state index contributed by atoms with van der Waals surface area (Å²) in [6, 6.07) is 0.385. The maximum Gasteiger partial charge on any atom is 0.188 e. The van der Waals surface area contributed by atoms with Crippen LogP contribution in [0.25, 0.3) is 0 Å². The van der Waals surface area contributed by atoms with Gasteiger partial charge in [-0.3, -0.25) is 4.99 Å². The summed E-state index contributed by atoms with van der Waals surface area (Å²) in [6.07, 6.45) is 1.07. The second-order valence-electron chi connectivity index (χ2n) is 3.25. The van der Waals surface area contributed by atoms with Gasteiger partial charge >= 0.3 is 0 Å². The van der Waals surface area contributed by atoms with Crippen LogP contribution >= 0.6 is 0 Å². The average Bonchev–Trinajstić information content (AvgIpc) is 2.00. The number of rotatable bonds is 4. The Balaban J connectivity index is 3.53. The van der Waals surface area contributed by atoms with Gasteiger partial charge in [0.05, 0.1) is 0 Å². The summed E-state index contributed by atoms with van der Waals surface area (Å²) in [5.41, 5.74) is 5.51. The molecule has 3 N–H and O–H groups in total. The van der Waals surface area contributed by atoms with E-state index >= 15 is 0 Å². The maximum atomic E-state index is 5.51. The predicted octanol–water partition coefficient (Wildman–Crippen LogP) is -0.139. The van der Waals surface area contributed by atoms with E-state index < -0.39 is 0 Å². The molecule has 0 saturated carbocycles. The molecule has 0 amide bonds. The van der Waals surface area contributed by atoms with Gasteiger partial charge in [-0.15, -0.1) is 0 Å². The molecule has 0 spiro atoms. The van der Waals surface area contributed by atoms with Crippen molar-refractivity contribution in [2.45, 2.75) is 19.4 Å². The summed E-state index contributed by atoms with van der Waals surface area (Å²) in [4.78, 5) is 5.98. The molecule has 0 rings (SSSR count). The number of nitrogens with one attached hydrogen (secondary N) is 1. The lowest BCUT2D eigenvalue weighted by atomic mass is 10.2. The van der Waals surface area contributed by atoms with E-state index in [9.17, 15) is 0 Å². The van der Waals surface area contributed by atoms with E-state index in [1.165, 1.54) is 0 Å². The fraction of sp³-hybridized carbons (Fsp3) is 0.875. The first-order chi connectivity index (χ1) is 5.56. The highest BCUT2D eigenvalue weighted by molar-refractivity contribution is 5.77. The van der Waals surface area contributed by atoms with E-state index in [0.717, 1.165) is 13.0 Å². The van der Waals surface area contributed by atoms with Gasteiger partial charge in [-0.05, 0) is 34.0 Å². The zero-order chi connectivity index (χ0) is 9.56. The Kier molecular flexibility index (Phi) is 5.45. The summed E-state index contributed by atoms with van der Waals surface area (Å²) in [5.74, 6) is 0.515. The van der Waals surface area contributed by atoms with Crippen LogP contribution in [0, 0.1) is 0 Å². The van der Waals surface area contributed by atoms with Gasteiger partial charge in [0.15, 0.2) is 5.96 Å². The van der Waals surface area contributed by atoms with E-state index in [4.69, 9.17) is 5.73 Å². The number of hydrogen-bond donors (Lipinski definition) is 2. The summed E-state index contributed by atoms with van der Waals surface area (Å²) in [5, 5.41) is 3.09. The van der Waals surface area contributed by atoms with Crippen molar-refractivity contribution in [3.8, 4) is 0 Å². The van der Waals surface area contributed by atoms with Gasteiger partial charge in [0.2, 0.25) is 0 Å². The minimum absolute atomic E-state index is 0.385. The summed E-state index contributed by atoms with van der Waals surface area (Å²) in [6.45, 7) is 3.16. The number of hydrogen-bond acceptors (Lipinski definition) is 2. The predicted molar refractivity (Wildman–Crippen MR) is 53.3 cm³/mol. The Labute approximate surface area is 74.8 Å². The molecular formula is C8H20N4. The van der Waals surface area contributed by atoms with Crippen LogP contribution in [0.5, 0.6) is 0 Å². The monoisotopic (exact) mass is 172 g/mol. The SMILES string of the molecule is CN=C(N)NC(C)CCN(C)C. The molecule has 0 aromatic heterocycles. The Morgan fingerprint density at radius 1 is 1.58 bits per heavy atom. The molecule has 0 heterocycles. The van der Waals surface area contributed by atoms with Crippen LogP contribution in [0.3, 0.4) is 0 Å². The number of guanidine groups is 1. The van der Waals surface area contributed by atoms with Crippen molar-refractivity contribution in [1.29, 1.82) is 0 Å². The molecule has 0 fully saturated rings. The first-order valence-electron chi connectivity index (χ1n) is 4.19. The minimum atomic E-state index is 0.385. The summed E-state index contributed by atoms with van der Waals surface area (Å²) < 4.78 is 0. The first kappa shape index (κ1) is 11.2. The molecule has 0 aromatic rings. The normalized spacial score (nSPS) is 14.9. The topological polar surface area (TPSA) is 53.6 Å². The molecule has 0 aliphatic carbocycles. The van der Waals surface area contributed by atoms with Crippen molar-refractivity contribution in [2.75, 3.05) is 27.7 Å². The van der Waals surface area contributed by atoms with Crippen molar-refractivity contribution in [3.05, 3.63) is 0 Å². The van der Waals surface area contributed by atoms with Crippen LogP contribution in [0.1, 0.15) is 13.3 Å². The molecule has 4 heteroatoms. The molecule has 0 aliphatic heterocycles. The highest BCUT2D eigenvalue weighted by atomic mass is 15.1. The Bertz CT molecular complexity index is 142. The second-order valence-corrected chi connectivity index (χ2v) is 3.25. The van der Waals surface area contributed by atoms with Gasteiger partial charge in [-0.2, -0.15) is 0 Å². The van der Waals surface area contributed by atoms with Crippen molar-refractivity contribution in [3.63, 3.8) is 0 Å². The van der Waals surface area contributed by atoms with Crippen LogP contribution in [-0.4, -0.2) is 44.6 Å². The molecule has 0 aromatic carbocycles. The van der Waals surface area contributed by atoms with Crippen molar-refractivity contribution >= 4 is 5.96 Å². The third-order valence-electron chi connectivity index (χ3n) is 1.64. The fourth-order valence-corrected chi connectivity index (χ4v) is 0.841. The van der Waals surface area contributed by atoms with Crippen molar-refractivity contribution < 1.29 is 0 Å². The van der Waals surface area contributed by atoms with Gasteiger partial charge in [0, 0.05) is 13.1 Å². The minimum Gasteiger partial charge on any atom is -0.370 e. The highest BCUT2D eigenvalue weighted by Crippen LogP contribution is 1.90. The van der Waals surface area contributed by atoms with Crippen LogP contribution in [-0.2, 0) is 0 Å². The average molecular weight is 172 g/mol. The lowest BCUT2D eigenvalue weighted by Gasteiger charge is -2.16. The van der Waals surface area contributed by atoms with Crippen LogP contribution in [0.2, 0.25) is 0 Å². The third-order valence-corrected chi connectivity index (χ3v) is 1.64. The Hall–Kier alpha value is -0.770. The van der Waals surface area contributed by atoms with Crippen LogP contribution in [0.4, 0.5) is 0 Å².